The number of aromatic nitrogens is 3. The number of sulfone groups is 1. The van der Waals surface area contributed by atoms with Gasteiger partial charge in [0, 0.05) is 18.0 Å². The van der Waals surface area contributed by atoms with Crippen LogP contribution in [-0.4, -0.2) is 23.1 Å². The van der Waals surface area contributed by atoms with E-state index in [2.05, 4.69) is 10.1 Å². The number of imidazole rings is 1. The average molecular weight is 345 g/mol. The van der Waals surface area contributed by atoms with Gasteiger partial charge < -0.3 is 4.52 Å². The quantitative estimate of drug-likeness (QED) is 0.726. The van der Waals surface area contributed by atoms with Crippen LogP contribution in [0.5, 0.6) is 0 Å². The third-order valence-electron chi connectivity index (χ3n) is 4.02. The highest BCUT2D eigenvalue weighted by Gasteiger charge is 2.26. The van der Waals surface area contributed by atoms with Crippen LogP contribution >= 0.6 is 0 Å². The van der Waals surface area contributed by atoms with E-state index in [4.69, 9.17) is 4.52 Å². The van der Waals surface area contributed by atoms with E-state index in [9.17, 15) is 8.42 Å². The number of rotatable bonds is 4. The van der Waals surface area contributed by atoms with Crippen LogP contribution in [0, 0.1) is 27.7 Å². The Morgan fingerprint density at radius 3 is 2.58 bits per heavy atom. The summed E-state index contributed by atoms with van der Waals surface area (Å²) in [6.45, 7) is 7.36. The molecule has 0 atom stereocenters. The van der Waals surface area contributed by atoms with E-state index in [1.54, 1.807) is 24.6 Å². The molecule has 0 amide bonds. The van der Waals surface area contributed by atoms with Crippen molar-refractivity contribution in [3.05, 3.63) is 58.7 Å². The second-order valence-electron chi connectivity index (χ2n) is 5.93. The van der Waals surface area contributed by atoms with E-state index in [0.29, 0.717) is 17.0 Å². The smallest absolute Gasteiger partial charge is 0.232 e. The molecule has 0 bridgehead atoms. The molecule has 0 aliphatic carbocycles. The SMILES string of the molecule is Cc1ccc(C)c(-n2ccnc2S(=O)(=O)Cc2c(C)noc2C)c1. The lowest BCUT2D eigenvalue weighted by Gasteiger charge is -2.12. The number of aryl methyl sites for hydroxylation is 4. The Kier molecular flexibility index (Phi) is 4.04. The van der Waals surface area contributed by atoms with E-state index in [-0.39, 0.29) is 10.9 Å². The molecular weight excluding hydrogens is 326 g/mol. The molecule has 7 heteroatoms. The van der Waals surface area contributed by atoms with E-state index in [1.165, 1.54) is 6.20 Å². The lowest BCUT2D eigenvalue weighted by Crippen LogP contribution is -2.13. The Balaban J connectivity index is 2.08. The minimum atomic E-state index is -3.64. The third-order valence-corrected chi connectivity index (χ3v) is 5.55. The van der Waals surface area contributed by atoms with Gasteiger partial charge in [-0.05, 0) is 44.9 Å². The van der Waals surface area contributed by atoms with Gasteiger partial charge in [0.05, 0.1) is 17.1 Å². The van der Waals surface area contributed by atoms with Crippen LogP contribution < -0.4 is 0 Å². The largest absolute Gasteiger partial charge is 0.361 e. The van der Waals surface area contributed by atoms with Crippen molar-refractivity contribution in [1.82, 2.24) is 14.7 Å². The predicted octanol–water partition coefficient (Wildman–Crippen LogP) is 3.07. The molecule has 0 spiro atoms. The molecule has 24 heavy (non-hydrogen) atoms. The first kappa shape index (κ1) is 16.4. The third kappa shape index (κ3) is 2.87. The molecule has 126 valence electrons. The molecule has 0 saturated carbocycles. The minimum absolute atomic E-state index is 0.0243. The molecule has 0 saturated heterocycles. The van der Waals surface area contributed by atoms with Gasteiger partial charge in [0.1, 0.15) is 5.76 Å². The molecule has 0 fully saturated rings. The highest BCUT2D eigenvalue weighted by Crippen LogP contribution is 2.24. The predicted molar refractivity (Wildman–Crippen MR) is 89.9 cm³/mol. The van der Waals surface area contributed by atoms with Crippen LogP contribution in [0.2, 0.25) is 0 Å². The number of nitrogens with zero attached hydrogens (tertiary/aromatic N) is 3. The van der Waals surface area contributed by atoms with Gasteiger partial charge in [0.15, 0.2) is 0 Å². The van der Waals surface area contributed by atoms with Gasteiger partial charge in [-0.25, -0.2) is 13.4 Å². The lowest BCUT2D eigenvalue weighted by atomic mass is 10.1. The van der Waals surface area contributed by atoms with Crippen molar-refractivity contribution in [2.75, 3.05) is 0 Å². The van der Waals surface area contributed by atoms with Crippen LogP contribution in [0.3, 0.4) is 0 Å². The van der Waals surface area contributed by atoms with Crippen molar-refractivity contribution in [2.24, 2.45) is 0 Å². The first-order chi connectivity index (χ1) is 11.3. The van der Waals surface area contributed by atoms with Gasteiger partial charge in [-0.2, -0.15) is 0 Å². The Bertz CT molecular complexity index is 981. The maximum atomic E-state index is 12.9. The average Bonchev–Trinajstić information content (AvgIpc) is 3.12. The van der Waals surface area contributed by atoms with Crippen LogP contribution in [0.1, 0.15) is 28.1 Å². The van der Waals surface area contributed by atoms with Crippen molar-refractivity contribution in [2.45, 2.75) is 38.6 Å². The summed E-state index contributed by atoms with van der Waals surface area (Å²) in [7, 11) is -3.64. The molecule has 0 aliphatic heterocycles. The molecular formula is C17H19N3O3S. The fourth-order valence-electron chi connectivity index (χ4n) is 2.64. The molecule has 6 nitrogen and oxygen atoms in total. The summed E-state index contributed by atoms with van der Waals surface area (Å²) in [6.07, 6.45) is 3.17. The van der Waals surface area contributed by atoms with Crippen LogP contribution in [-0.2, 0) is 15.6 Å². The summed E-state index contributed by atoms with van der Waals surface area (Å²) in [5.41, 5.74) is 4.02. The van der Waals surface area contributed by atoms with Crippen LogP contribution in [0.4, 0.5) is 0 Å². The van der Waals surface area contributed by atoms with E-state index in [1.807, 2.05) is 32.0 Å². The van der Waals surface area contributed by atoms with Crippen molar-refractivity contribution in [1.29, 1.82) is 0 Å². The zero-order valence-electron chi connectivity index (χ0n) is 14.1. The van der Waals surface area contributed by atoms with Gasteiger partial charge in [-0.1, -0.05) is 17.3 Å². The Hall–Kier alpha value is -2.41. The van der Waals surface area contributed by atoms with Gasteiger partial charge in [0.25, 0.3) is 0 Å². The summed E-state index contributed by atoms with van der Waals surface area (Å²) in [5, 5.41) is 3.85. The van der Waals surface area contributed by atoms with Crippen LogP contribution in [0.15, 0.2) is 40.3 Å². The molecule has 0 N–H and O–H groups in total. The zero-order valence-corrected chi connectivity index (χ0v) is 14.9. The van der Waals surface area contributed by atoms with Crippen molar-refractivity contribution >= 4 is 9.84 Å². The summed E-state index contributed by atoms with van der Waals surface area (Å²) in [4.78, 5) is 4.10. The molecule has 3 aromatic rings. The van der Waals surface area contributed by atoms with Gasteiger partial charge in [-0.3, -0.25) is 4.57 Å². The minimum Gasteiger partial charge on any atom is -0.361 e. The highest BCUT2D eigenvalue weighted by molar-refractivity contribution is 7.90. The Morgan fingerprint density at radius 2 is 1.92 bits per heavy atom. The summed E-state index contributed by atoms with van der Waals surface area (Å²) < 4.78 is 32.5. The second kappa shape index (κ2) is 5.90. The van der Waals surface area contributed by atoms with E-state index >= 15 is 0 Å². The standard InChI is InChI=1S/C17H19N3O3S/c1-11-5-6-12(2)16(9-11)20-8-7-18-17(20)24(21,22)10-15-13(3)19-23-14(15)4/h5-9H,10H2,1-4H3. The molecule has 0 aliphatic rings. The number of hydrogen-bond acceptors (Lipinski definition) is 5. The van der Waals surface area contributed by atoms with Crippen molar-refractivity contribution in [3.63, 3.8) is 0 Å². The topological polar surface area (TPSA) is 78.0 Å². The Morgan fingerprint density at radius 1 is 1.17 bits per heavy atom. The Labute approximate surface area is 141 Å². The molecule has 1 aromatic carbocycles. The normalized spacial score (nSPS) is 11.8. The van der Waals surface area contributed by atoms with E-state index < -0.39 is 9.84 Å². The fraction of sp³-hybridized carbons (Fsp3) is 0.294. The zero-order chi connectivity index (χ0) is 17.5. The van der Waals surface area contributed by atoms with Gasteiger partial charge in [0.2, 0.25) is 15.0 Å². The molecule has 0 unspecified atom stereocenters. The first-order valence-electron chi connectivity index (χ1n) is 7.55. The maximum absolute atomic E-state index is 12.9. The molecule has 0 radical (unpaired) electrons. The maximum Gasteiger partial charge on any atom is 0.232 e. The summed E-state index contributed by atoms with van der Waals surface area (Å²) in [6, 6.07) is 5.91. The van der Waals surface area contributed by atoms with Gasteiger partial charge >= 0.3 is 0 Å². The van der Waals surface area contributed by atoms with Crippen LogP contribution in [0.25, 0.3) is 5.69 Å². The number of benzene rings is 1. The molecule has 2 heterocycles. The van der Waals surface area contributed by atoms with Gasteiger partial charge in [-0.15, -0.1) is 0 Å². The van der Waals surface area contributed by atoms with Crippen molar-refractivity contribution in [3.8, 4) is 5.69 Å². The van der Waals surface area contributed by atoms with Crippen molar-refractivity contribution < 1.29 is 12.9 Å². The summed E-state index contributed by atoms with van der Waals surface area (Å²) in [5.74, 6) is 0.330. The molecule has 2 aromatic heterocycles. The fourth-order valence-corrected chi connectivity index (χ4v) is 4.25. The molecule has 3 rings (SSSR count). The first-order valence-corrected chi connectivity index (χ1v) is 9.20. The number of hydrogen-bond donors (Lipinski definition) is 0. The monoisotopic (exact) mass is 345 g/mol. The lowest BCUT2D eigenvalue weighted by molar-refractivity contribution is 0.392. The second-order valence-corrected chi connectivity index (χ2v) is 7.81. The van der Waals surface area contributed by atoms with E-state index in [0.717, 1.165) is 16.8 Å². The highest BCUT2D eigenvalue weighted by atomic mass is 32.2. The summed E-state index contributed by atoms with van der Waals surface area (Å²) >= 11 is 0.